The van der Waals surface area contributed by atoms with Crippen molar-refractivity contribution in [1.82, 2.24) is 9.78 Å². The van der Waals surface area contributed by atoms with Crippen molar-refractivity contribution in [1.29, 1.82) is 5.26 Å². The molecule has 0 radical (unpaired) electrons. The van der Waals surface area contributed by atoms with Gasteiger partial charge in [-0.1, -0.05) is 12.1 Å². The fourth-order valence-electron chi connectivity index (χ4n) is 2.91. The van der Waals surface area contributed by atoms with Crippen LogP contribution in [0, 0.1) is 11.3 Å². The number of aliphatic hydroxyl groups is 1. The highest BCUT2D eigenvalue weighted by Crippen LogP contribution is 2.36. The Balaban J connectivity index is 2.10. The maximum Gasteiger partial charge on any atom is 0.223 e. The Hall–Kier alpha value is -2.98. The molecule has 122 valence electrons. The van der Waals surface area contributed by atoms with E-state index in [1.54, 1.807) is 29.3 Å². The van der Waals surface area contributed by atoms with Crippen LogP contribution in [0.5, 0.6) is 0 Å². The van der Waals surface area contributed by atoms with Gasteiger partial charge in [0.05, 0.1) is 6.20 Å². The Labute approximate surface area is 139 Å². The number of anilines is 1. The highest BCUT2D eigenvalue weighted by Gasteiger charge is 2.37. The number of hydrogen-bond acceptors (Lipinski definition) is 5. The zero-order chi connectivity index (χ0) is 17.3. The Morgan fingerprint density at radius 3 is 3.00 bits per heavy atom. The van der Waals surface area contributed by atoms with Gasteiger partial charge in [-0.15, -0.1) is 0 Å². The molecule has 0 aliphatic carbocycles. The predicted octanol–water partition coefficient (Wildman–Crippen LogP) is 1.93. The van der Waals surface area contributed by atoms with Crippen LogP contribution in [0.2, 0.25) is 0 Å². The SMILES string of the molecule is CCN(C(C)=O)c1cccc(C2(O)CC=Nc3c(C#N)cnn32)c1. The molecule has 24 heavy (non-hydrogen) atoms. The van der Waals surface area contributed by atoms with E-state index in [0.717, 1.165) is 0 Å². The molecule has 1 atom stereocenters. The number of nitrogens with zero attached hydrogens (tertiary/aromatic N) is 5. The van der Waals surface area contributed by atoms with Crippen molar-refractivity contribution in [3.05, 3.63) is 41.6 Å². The number of aliphatic imine (C=N–C) groups is 1. The Morgan fingerprint density at radius 2 is 2.33 bits per heavy atom. The highest BCUT2D eigenvalue weighted by atomic mass is 16.3. The molecule has 0 fully saturated rings. The first-order valence-corrected chi connectivity index (χ1v) is 7.63. The summed E-state index contributed by atoms with van der Waals surface area (Å²) in [6, 6.07) is 9.16. The molecule has 0 spiro atoms. The summed E-state index contributed by atoms with van der Waals surface area (Å²) in [5.74, 6) is 0.258. The second-order valence-corrected chi connectivity index (χ2v) is 5.55. The van der Waals surface area contributed by atoms with Crippen LogP contribution < -0.4 is 4.90 Å². The molecular weight excluding hydrogens is 306 g/mol. The van der Waals surface area contributed by atoms with Crippen LogP contribution in [-0.2, 0) is 10.5 Å². The molecule has 1 N–H and O–H groups in total. The second-order valence-electron chi connectivity index (χ2n) is 5.55. The lowest BCUT2D eigenvalue weighted by Crippen LogP contribution is -2.38. The van der Waals surface area contributed by atoms with Crippen molar-refractivity contribution in [2.24, 2.45) is 4.99 Å². The molecule has 1 aliphatic heterocycles. The first kappa shape index (κ1) is 15.9. The Kier molecular flexibility index (Phi) is 3.91. The number of benzene rings is 1. The van der Waals surface area contributed by atoms with Crippen LogP contribution in [0.4, 0.5) is 11.5 Å². The van der Waals surface area contributed by atoms with Crippen LogP contribution in [0.25, 0.3) is 0 Å². The number of rotatable bonds is 3. The molecular formula is C17H17N5O2. The predicted molar refractivity (Wildman–Crippen MR) is 89.1 cm³/mol. The summed E-state index contributed by atoms with van der Waals surface area (Å²) >= 11 is 0. The lowest BCUT2D eigenvalue weighted by Gasteiger charge is -2.32. The summed E-state index contributed by atoms with van der Waals surface area (Å²) in [4.78, 5) is 17.6. The van der Waals surface area contributed by atoms with Crippen LogP contribution >= 0.6 is 0 Å². The van der Waals surface area contributed by atoms with Crippen molar-refractivity contribution in [2.75, 3.05) is 11.4 Å². The highest BCUT2D eigenvalue weighted by molar-refractivity contribution is 5.91. The van der Waals surface area contributed by atoms with Crippen molar-refractivity contribution in [3.8, 4) is 6.07 Å². The van der Waals surface area contributed by atoms with Gasteiger partial charge >= 0.3 is 0 Å². The third-order valence-corrected chi connectivity index (χ3v) is 4.12. The first-order valence-electron chi connectivity index (χ1n) is 7.63. The van der Waals surface area contributed by atoms with E-state index in [-0.39, 0.29) is 12.3 Å². The number of amides is 1. The number of carbonyl (C=O) groups is 1. The van der Waals surface area contributed by atoms with E-state index in [9.17, 15) is 9.90 Å². The van der Waals surface area contributed by atoms with Gasteiger partial charge in [0.2, 0.25) is 5.91 Å². The molecule has 1 aromatic heterocycles. The van der Waals surface area contributed by atoms with E-state index in [0.29, 0.717) is 29.2 Å². The molecule has 0 saturated carbocycles. The molecule has 3 rings (SSSR count). The molecule has 7 heteroatoms. The van der Waals surface area contributed by atoms with Crippen molar-refractivity contribution < 1.29 is 9.90 Å². The Morgan fingerprint density at radius 1 is 1.54 bits per heavy atom. The van der Waals surface area contributed by atoms with E-state index in [4.69, 9.17) is 5.26 Å². The van der Waals surface area contributed by atoms with Gasteiger partial charge in [0.1, 0.15) is 11.6 Å². The van der Waals surface area contributed by atoms with E-state index in [1.807, 2.05) is 19.1 Å². The molecule has 2 aromatic rings. The van der Waals surface area contributed by atoms with Crippen LogP contribution in [0.1, 0.15) is 31.4 Å². The standard InChI is InChI=1S/C17H17N5O2/c1-3-21(12(2)23)15-6-4-5-14(9-15)17(24)7-8-19-16-13(10-18)11-20-22(16)17/h4-6,8-9,11,24H,3,7H2,1-2H3. The molecule has 0 bridgehead atoms. The maximum atomic E-state index is 11.8. The van der Waals surface area contributed by atoms with Gasteiger partial charge in [0.15, 0.2) is 11.5 Å². The number of nitriles is 1. The summed E-state index contributed by atoms with van der Waals surface area (Å²) in [5, 5.41) is 24.5. The molecule has 0 saturated heterocycles. The Bertz CT molecular complexity index is 864. The third kappa shape index (κ3) is 2.37. The number of fused-ring (bicyclic) bond motifs is 1. The van der Waals surface area contributed by atoms with Gasteiger partial charge in [-0.3, -0.25) is 4.79 Å². The molecule has 7 nitrogen and oxygen atoms in total. The summed E-state index contributed by atoms with van der Waals surface area (Å²) in [7, 11) is 0. The van der Waals surface area contributed by atoms with Crippen LogP contribution in [0.3, 0.4) is 0 Å². The zero-order valence-corrected chi connectivity index (χ0v) is 13.5. The molecule has 1 aromatic carbocycles. The van der Waals surface area contributed by atoms with E-state index in [2.05, 4.69) is 10.1 Å². The van der Waals surface area contributed by atoms with Crippen molar-refractivity contribution >= 4 is 23.6 Å². The second kappa shape index (κ2) is 5.91. The minimum atomic E-state index is -1.45. The lowest BCUT2D eigenvalue weighted by molar-refractivity contribution is -0.116. The normalized spacial score (nSPS) is 18.8. The van der Waals surface area contributed by atoms with E-state index in [1.165, 1.54) is 17.8 Å². The molecule has 2 heterocycles. The molecule has 1 unspecified atom stereocenters. The summed E-state index contributed by atoms with van der Waals surface area (Å²) in [6.45, 7) is 3.92. The van der Waals surface area contributed by atoms with Gasteiger partial charge < -0.3 is 10.0 Å². The van der Waals surface area contributed by atoms with Gasteiger partial charge in [-0.25, -0.2) is 9.67 Å². The quantitative estimate of drug-likeness (QED) is 0.933. The van der Waals surface area contributed by atoms with Crippen LogP contribution in [0.15, 0.2) is 35.5 Å². The fraction of sp³-hybridized carbons (Fsp3) is 0.294. The largest absolute Gasteiger partial charge is 0.365 e. The van der Waals surface area contributed by atoms with Gasteiger partial charge in [-0.05, 0) is 19.1 Å². The van der Waals surface area contributed by atoms with E-state index < -0.39 is 5.72 Å². The topological polar surface area (TPSA) is 94.5 Å². The number of aromatic nitrogens is 2. The number of hydrogen-bond donors (Lipinski definition) is 1. The van der Waals surface area contributed by atoms with Gasteiger partial charge in [0.25, 0.3) is 0 Å². The fourth-order valence-corrected chi connectivity index (χ4v) is 2.91. The average molecular weight is 323 g/mol. The monoisotopic (exact) mass is 323 g/mol. The average Bonchev–Trinajstić information content (AvgIpc) is 3.00. The molecule has 1 aliphatic rings. The smallest absolute Gasteiger partial charge is 0.223 e. The summed E-state index contributed by atoms with van der Waals surface area (Å²) < 4.78 is 1.36. The van der Waals surface area contributed by atoms with Crippen LogP contribution in [-0.4, -0.2) is 33.6 Å². The number of carbonyl (C=O) groups excluding carboxylic acids is 1. The van der Waals surface area contributed by atoms with Gasteiger partial charge in [-0.2, -0.15) is 10.4 Å². The first-order chi connectivity index (χ1) is 11.5. The molecule has 1 amide bonds. The zero-order valence-electron chi connectivity index (χ0n) is 13.5. The minimum absolute atomic E-state index is 0.0709. The summed E-state index contributed by atoms with van der Waals surface area (Å²) in [6.07, 6.45) is 3.19. The van der Waals surface area contributed by atoms with E-state index >= 15 is 0 Å². The minimum Gasteiger partial charge on any atom is -0.365 e. The maximum absolute atomic E-state index is 11.8. The summed E-state index contributed by atoms with van der Waals surface area (Å²) in [5.41, 5.74) is 0.144. The van der Waals surface area contributed by atoms with Gasteiger partial charge in [0, 0.05) is 37.4 Å². The van der Waals surface area contributed by atoms with Crippen molar-refractivity contribution in [3.63, 3.8) is 0 Å². The lowest BCUT2D eigenvalue weighted by atomic mass is 9.98. The third-order valence-electron chi connectivity index (χ3n) is 4.12. The van der Waals surface area contributed by atoms with Crippen molar-refractivity contribution in [2.45, 2.75) is 26.0 Å².